The largest absolute Gasteiger partial charge is 0.378 e. The summed E-state index contributed by atoms with van der Waals surface area (Å²) in [5, 5.41) is 1.13. The summed E-state index contributed by atoms with van der Waals surface area (Å²) in [6.45, 7) is 4.13. The van der Waals surface area contributed by atoms with Gasteiger partial charge in [-0.2, -0.15) is 0 Å². The number of hydrogen-bond acceptors (Lipinski definition) is 3. The summed E-state index contributed by atoms with van der Waals surface area (Å²) >= 11 is 0. The molecule has 0 bridgehead atoms. The molecule has 3 nitrogen and oxygen atoms in total. The van der Waals surface area contributed by atoms with Crippen molar-refractivity contribution in [2.45, 2.75) is 13.8 Å². The zero-order chi connectivity index (χ0) is 15.0. The first-order valence-electron chi connectivity index (χ1n) is 7.07. The minimum Gasteiger partial charge on any atom is -0.378 e. The molecular weight excluding hydrogens is 258 g/mol. The molecule has 0 atom stereocenters. The maximum Gasteiger partial charge on any atom is 0.160 e. The number of anilines is 1. The van der Waals surface area contributed by atoms with E-state index in [1.165, 1.54) is 11.3 Å². The van der Waals surface area contributed by atoms with Crippen molar-refractivity contribution in [2.75, 3.05) is 19.0 Å². The number of rotatable bonds is 2. The van der Waals surface area contributed by atoms with Crippen LogP contribution in [0.5, 0.6) is 0 Å². The van der Waals surface area contributed by atoms with Gasteiger partial charge in [0.25, 0.3) is 0 Å². The van der Waals surface area contributed by atoms with Crippen LogP contribution in [0.15, 0.2) is 42.5 Å². The quantitative estimate of drug-likeness (QED) is 0.709. The van der Waals surface area contributed by atoms with E-state index in [2.05, 4.69) is 59.3 Å². The van der Waals surface area contributed by atoms with E-state index >= 15 is 0 Å². The van der Waals surface area contributed by atoms with E-state index in [0.29, 0.717) is 0 Å². The van der Waals surface area contributed by atoms with E-state index in [1.54, 1.807) is 0 Å². The molecule has 3 heteroatoms. The van der Waals surface area contributed by atoms with Crippen molar-refractivity contribution < 1.29 is 0 Å². The molecule has 3 aromatic rings. The van der Waals surface area contributed by atoms with Gasteiger partial charge in [-0.15, -0.1) is 0 Å². The fraction of sp³-hybridized carbons (Fsp3) is 0.222. The van der Waals surface area contributed by atoms with Crippen LogP contribution in [0.25, 0.3) is 22.3 Å². The van der Waals surface area contributed by atoms with E-state index in [4.69, 9.17) is 4.98 Å². The summed E-state index contributed by atoms with van der Waals surface area (Å²) in [6, 6.07) is 14.6. The third kappa shape index (κ3) is 2.59. The Morgan fingerprint density at radius 1 is 0.857 bits per heavy atom. The summed E-state index contributed by atoms with van der Waals surface area (Å²) in [5.74, 6) is 0.786. The number of aryl methyl sites for hydroxylation is 2. The van der Waals surface area contributed by atoms with E-state index < -0.39 is 0 Å². The fourth-order valence-corrected chi connectivity index (χ4v) is 2.43. The molecular formula is C18H19N3. The molecule has 0 aliphatic rings. The van der Waals surface area contributed by atoms with Crippen LogP contribution in [-0.2, 0) is 0 Å². The van der Waals surface area contributed by atoms with Crippen LogP contribution >= 0.6 is 0 Å². The summed E-state index contributed by atoms with van der Waals surface area (Å²) in [6.07, 6.45) is 0. The highest BCUT2D eigenvalue weighted by atomic mass is 15.1. The Labute approximate surface area is 125 Å². The van der Waals surface area contributed by atoms with E-state index in [9.17, 15) is 0 Å². The Balaban J connectivity index is 2.10. The van der Waals surface area contributed by atoms with Gasteiger partial charge >= 0.3 is 0 Å². The normalized spacial score (nSPS) is 10.9. The topological polar surface area (TPSA) is 29.0 Å². The second-order valence-corrected chi connectivity index (χ2v) is 5.59. The molecule has 0 amide bonds. The van der Waals surface area contributed by atoms with E-state index in [1.807, 2.05) is 21.0 Å². The molecule has 106 valence electrons. The summed E-state index contributed by atoms with van der Waals surface area (Å²) in [5.41, 5.74) is 5.48. The molecule has 0 spiro atoms. The van der Waals surface area contributed by atoms with Crippen LogP contribution < -0.4 is 4.90 Å². The van der Waals surface area contributed by atoms with Gasteiger partial charge in [0.05, 0.1) is 5.52 Å². The number of fused-ring (bicyclic) bond motifs is 1. The molecule has 2 aromatic carbocycles. The molecule has 0 aliphatic carbocycles. The number of aromatic nitrogens is 2. The highest BCUT2D eigenvalue weighted by molar-refractivity contribution is 5.83. The average molecular weight is 277 g/mol. The number of hydrogen-bond donors (Lipinski definition) is 0. The van der Waals surface area contributed by atoms with Crippen molar-refractivity contribution in [3.8, 4) is 11.4 Å². The highest BCUT2D eigenvalue weighted by Gasteiger charge is 2.07. The second kappa shape index (κ2) is 5.17. The molecule has 0 unspecified atom stereocenters. The lowest BCUT2D eigenvalue weighted by atomic mass is 10.1. The standard InChI is InChI=1S/C18H19N3/c1-12-5-10-17-16(11-12)13(2)19-18(20-17)14-6-8-15(9-7-14)21(3)4/h5-11H,1-4H3. The van der Waals surface area contributed by atoms with Gasteiger partial charge in [-0.05, 0) is 50.2 Å². The van der Waals surface area contributed by atoms with Crippen LogP contribution in [0, 0.1) is 13.8 Å². The highest BCUT2D eigenvalue weighted by Crippen LogP contribution is 2.23. The SMILES string of the molecule is Cc1ccc2nc(-c3ccc(N(C)C)cc3)nc(C)c2c1. The van der Waals surface area contributed by atoms with Gasteiger partial charge in [0.15, 0.2) is 5.82 Å². The summed E-state index contributed by atoms with van der Waals surface area (Å²) < 4.78 is 0. The lowest BCUT2D eigenvalue weighted by Gasteiger charge is -2.12. The zero-order valence-electron chi connectivity index (χ0n) is 12.9. The van der Waals surface area contributed by atoms with Gasteiger partial charge < -0.3 is 4.90 Å². The van der Waals surface area contributed by atoms with Crippen molar-refractivity contribution in [2.24, 2.45) is 0 Å². The molecule has 0 saturated carbocycles. The molecule has 0 N–H and O–H groups in total. The molecule has 3 rings (SSSR count). The Morgan fingerprint density at radius 3 is 2.24 bits per heavy atom. The molecule has 0 aliphatic heterocycles. The molecule has 0 fully saturated rings. The third-order valence-corrected chi connectivity index (χ3v) is 3.68. The molecule has 21 heavy (non-hydrogen) atoms. The van der Waals surface area contributed by atoms with Crippen LogP contribution in [0.2, 0.25) is 0 Å². The first kappa shape index (κ1) is 13.6. The Kier molecular flexibility index (Phi) is 3.34. The second-order valence-electron chi connectivity index (χ2n) is 5.59. The number of nitrogens with zero attached hydrogens (tertiary/aromatic N) is 3. The fourth-order valence-electron chi connectivity index (χ4n) is 2.43. The minimum atomic E-state index is 0.786. The van der Waals surface area contributed by atoms with Crippen molar-refractivity contribution in [1.82, 2.24) is 9.97 Å². The summed E-state index contributed by atoms with van der Waals surface area (Å²) in [7, 11) is 4.07. The van der Waals surface area contributed by atoms with E-state index in [0.717, 1.165) is 28.0 Å². The molecule has 0 saturated heterocycles. The smallest absolute Gasteiger partial charge is 0.160 e. The predicted molar refractivity (Wildman–Crippen MR) is 88.8 cm³/mol. The third-order valence-electron chi connectivity index (χ3n) is 3.68. The van der Waals surface area contributed by atoms with Crippen LogP contribution in [0.4, 0.5) is 5.69 Å². The Hall–Kier alpha value is -2.42. The van der Waals surface area contributed by atoms with Gasteiger partial charge in [-0.1, -0.05) is 11.6 Å². The van der Waals surface area contributed by atoms with Crippen LogP contribution in [0.1, 0.15) is 11.3 Å². The zero-order valence-corrected chi connectivity index (χ0v) is 12.9. The van der Waals surface area contributed by atoms with Crippen LogP contribution in [-0.4, -0.2) is 24.1 Å². The maximum atomic E-state index is 4.70. The van der Waals surface area contributed by atoms with Gasteiger partial charge in [0, 0.05) is 36.4 Å². The first-order valence-corrected chi connectivity index (χ1v) is 7.07. The average Bonchev–Trinajstić information content (AvgIpc) is 2.48. The van der Waals surface area contributed by atoms with Crippen molar-refractivity contribution in [3.05, 3.63) is 53.7 Å². The number of benzene rings is 2. The Morgan fingerprint density at radius 2 is 1.57 bits per heavy atom. The monoisotopic (exact) mass is 277 g/mol. The Bertz CT molecular complexity index is 789. The van der Waals surface area contributed by atoms with Crippen molar-refractivity contribution >= 4 is 16.6 Å². The van der Waals surface area contributed by atoms with Gasteiger partial charge in [0.1, 0.15) is 0 Å². The van der Waals surface area contributed by atoms with Crippen LogP contribution in [0.3, 0.4) is 0 Å². The molecule has 1 heterocycles. The van der Waals surface area contributed by atoms with Crippen molar-refractivity contribution in [1.29, 1.82) is 0 Å². The lowest BCUT2D eigenvalue weighted by Crippen LogP contribution is -2.08. The van der Waals surface area contributed by atoms with Gasteiger partial charge in [-0.25, -0.2) is 9.97 Å². The molecule has 1 aromatic heterocycles. The summed E-state index contributed by atoms with van der Waals surface area (Å²) in [4.78, 5) is 11.4. The maximum absolute atomic E-state index is 4.70. The first-order chi connectivity index (χ1) is 10.0. The predicted octanol–water partition coefficient (Wildman–Crippen LogP) is 3.98. The van der Waals surface area contributed by atoms with Gasteiger partial charge in [0.2, 0.25) is 0 Å². The lowest BCUT2D eigenvalue weighted by molar-refractivity contribution is 1.13. The van der Waals surface area contributed by atoms with Crippen molar-refractivity contribution in [3.63, 3.8) is 0 Å². The molecule has 0 radical (unpaired) electrons. The minimum absolute atomic E-state index is 0.786. The van der Waals surface area contributed by atoms with Gasteiger partial charge in [-0.3, -0.25) is 0 Å². The van der Waals surface area contributed by atoms with E-state index in [-0.39, 0.29) is 0 Å².